The molecule has 5 heteroatoms. The molecule has 0 spiro atoms. The summed E-state index contributed by atoms with van der Waals surface area (Å²) in [6, 6.07) is 10.7. The Kier molecular flexibility index (Phi) is 5.15. The molecule has 2 aromatic heterocycles. The lowest BCUT2D eigenvalue weighted by Gasteiger charge is -2.12. The van der Waals surface area contributed by atoms with Crippen LogP contribution in [-0.4, -0.2) is 39.6 Å². The van der Waals surface area contributed by atoms with Crippen molar-refractivity contribution in [3.05, 3.63) is 47.4 Å². The third-order valence-corrected chi connectivity index (χ3v) is 5.99. The first-order valence-corrected chi connectivity index (χ1v) is 10.1. The van der Waals surface area contributed by atoms with Gasteiger partial charge in [-0.1, -0.05) is 12.1 Å². The van der Waals surface area contributed by atoms with E-state index in [1.165, 1.54) is 43.5 Å². The second-order valence-corrected chi connectivity index (χ2v) is 8.12. The molecule has 1 fully saturated rings. The van der Waals surface area contributed by atoms with Crippen molar-refractivity contribution in [2.24, 2.45) is 13.0 Å². The van der Waals surface area contributed by atoms with E-state index in [0.29, 0.717) is 0 Å². The fourth-order valence-corrected chi connectivity index (χ4v) is 4.37. The van der Waals surface area contributed by atoms with Gasteiger partial charge in [-0.25, -0.2) is 9.97 Å². The lowest BCUT2D eigenvalue weighted by molar-refractivity contribution is 0.385. The first-order chi connectivity index (χ1) is 13.5. The van der Waals surface area contributed by atoms with Crippen molar-refractivity contribution in [3.8, 4) is 17.3 Å². The minimum atomic E-state index is 0.215. The zero-order chi connectivity index (χ0) is 19.7. The van der Waals surface area contributed by atoms with Gasteiger partial charge in [-0.15, -0.1) is 0 Å². The summed E-state index contributed by atoms with van der Waals surface area (Å²) in [6.45, 7) is 4.67. The van der Waals surface area contributed by atoms with Crippen LogP contribution in [0.25, 0.3) is 22.3 Å². The van der Waals surface area contributed by atoms with Crippen molar-refractivity contribution in [1.82, 2.24) is 19.4 Å². The minimum Gasteiger partial charge on any atom is -0.335 e. The lowest BCUT2D eigenvalue weighted by atomic mass is 9.95. The predicted octanol–water partition coefficient (Wildman–Crippen LogP) is 4.09. The molecule has 3 heterocycles. The molecule has 0 amide bonds. The quantitative estimate of drug-likeness (QED) is 0.676. The summed E-state index contributed by atoms with van der Waals surface area (Å²) in [5, 5.41) is 10.3. The Hall–Kier alpha value is -2.71. The summed E-state index contributed by atoms with van der Waals surface area (Å²) in [5.41, 5.74) is 5.39. The number of nitrogens with zero attached hydrogens (tertiary/aromatic N) is 5. The molecule has 3 aromatic rings. The average molecular weight is 374 g/mol. The molecule has 1 atom stereocenters. The Balaban J connectivity index is 1.55. The Morgan fingerprint density at radius 1 is 1.21 bits per heavy atom. The normalized spacial score (nSPS) is 17.3. The van der Waals surface area contributed by atoms with E-state index in [1.54, 1.807) is 0 Å². The molecule has 144 valence electrons. The van der Waals surface area contributed by atoms with Crippen LogP contribution in [0.2, 0.25) is 0 Å². The number of likely N-dealkylation sites (tertiary alicyclic amines) is 1. The highest BCUT2D eigenvalue weighted by Gasteiger charge is 2.19. The van der Waals surface area contributed by atoms with Crippen LogP contribution >= 0.6 is 0 Å². The van der Waals surface area contributed by atoms with Crippen LogP contribution in [0.4, 0.5) is 0 Å². The summed E-state index contributed by atoms with van der Waals surface area (Å²) >= 11 is 0. The Morgan fingerprint density at radius 3 is 2.79 bits per heavy atom. The van der Waals surface area contributed by atoms with Crippen molar-refractivity contribution in [3.63, 3.8) is 0 Å². The van der Waals surface area contributed by atoms with Crippen LogP contribution < -0.4 is 0 Å². The molecule has 1 unspecified atom stereocenters. The van der Waals surface area contributed by atoms with Gasteiger partial charge in [-0.2, -0.15) is 5.26 Å². The largest absolute Gasteiger partial charge is 0.335 e. The first kappa shape index (κ1) is 18.6. The molecule has 0 bridgehead atoms. The average Bonchev–Trinajstić information content (AvgIpc) is 3.28. The van der Waals surface area contributed by atoms with Crippen LogP contribution in [0.5, 0.6) is 0 Å². The fourth-order valence-electron chi connectivity index (χ4n) is 4.37. The highest BCUT2D eigenvalue weighted by molar-refractivity contribution is 5.91. The van der Waals surface area contributed by atoms with Crippen LogP contribution in [0.1, 0.15) is 36.2 Å². The molecule has 1 aliphatic heterocycles. The molecule has 0 N–H and O–H groups in total. The number of hydrogen-bond donors (Lipinski definition) is 0. The number of rotatable bonds is 5. The van der Waals surface area contributed by atoms with Gasteiger partial charge in [0.05, 0.1) is 5.69 Å². The van der Waals surface area contributed by atoms with E-state index in [1.807, 2.05) is 23.9 Å². The van der Waals surface area contributed by atoms with E-state index in [9.17, 15) is 5.26 Å². The van der Waals surface area contributed by atoms with Crippen molar-refractivity contribution < 1.29 is 0 Å². The zero-order valence-corrected chi connectivity index (χ0v) is 16.9. The maximum atomic E-state index is 9.31. The second kappa shape index (κ2) is 7.73. The molecular formula is C23H27N5. The molecule has 28 heavy (non-hydrogen) atoms. The third-order valence-electron chi connectivity index (χ3n) is 5.99. The molecule has 4 rings (SSSR count). The Morgan fingerprint density at radius 2 is 2.07 bits per heavy atom. The Bertz CT molecular complexity index is 1040. The van der Waals surface area contributed by atoms with Crippen LogP contribution in [0.3, 0.4) is 0 Å². The van der Waals surface area contributed by atoms with E-state index in [0.717, 1.165) is 34.6 Å². The number of fused-ring (bicyclic) bond motifs is 1. The number of hydrogen-bond acceptors (Lipinski definition) is 4. The summed E-state index contributed by atoms with van der Waals surface area (Å²) in [5.74, 6) is 1.08. The van der Waals surface area contributed by atoms with Gasteiger partial charge in [-0.3, -0.25) is 0 Å². The highest BCUT2D eigenvalue weighted by Crippen LogP contribution is 2.29. The van der Waals surface area contributed by atoms with Gasteiger partial charge in [0.25, 0.3) is 0 Å². The Labute approximate surface area is 166 Å². The molecule has 1 saturated heterocycles. The van der Waals surface area contributed by atoms with E-state index in [-0.39, 0.29) is 5.82 Å². The molecule has 1 aliphatic rings. The molecule has 0 saturated carbocycles. The van der Waals surface area contributed by atoms with Gasteiger partial charge >= 0.3 is 0 Å². The van der Waals surface area contributed by atoms with Gasteiger partial charge in [0.15, 0.2) is 0 Å². The van der Waals surface area contributed by atoms with Crippen molar-refractivity contribution >= 4 is 11.0 Å². The van der Waals surface area contributed by atoms with Gasteiger partial charge in [0.1, 0.15) is 11.7 Å². The number of benzene rings is 1. The van der Waals surface area contributed by atoms with Crippen LogP contribution in [0.15, 0.2) is 30.5 Å². The maximum Gasteiger partial charge on any atom is 0.234 e. The van der Waals surface area contributed by atoms with Gasteiger partial charge in [-0.05, 0) is 75.4 Å². The number of aromatic nitrogens is 3. The van der Waals surface area contributed by atoms with E-state index < -0.39 is 0 Å². The van der Waals surface area contributed by atoms with Crippen LogP contribution in [-0.2, 0) is 13.5 Å². The zero-order valence-electron chi connectivity index (χ0n) is 16.9. The van der Waals surface area contributed by atoms with Gasteiger partial charge < -0.3 is 9.47 Å². The number of nitriles is 1. The highest BCUT2D eigenvalue weighted by atomic mass is 15.1. The van der Waals surface area contributed by atoms with E-state index in [2.05, 4.69) is 53.1 Å². The molecular weight excluding hydrogens is 346 g/mol. The van der Waals surface area contributed by atoms with E-state index >= 15 is 0 Å². The summed E-state index contributed by atoms with van der Waals surface area (Å²) in [7, 11) is 4.16. The minimum absolute atomic E-state index is 0.215. The monoisotopic (exact) mass is 373 g/mol. The first-order valence-electron chi connectivity index (χ1n) is 10.1. The SMILES string of the molecule is Cc1cc(-c2nc(C#N)nc3c2ccn3C)ccc1CCCC1CCN(C)C1. The molecule has 5 nitrogen and oxygen atoms in total. The topological polar surface area (TPSA) is 57.7 Å². The van der Waals surface area contributed by atoms with Crippen molar-refractivity contribution in [2.45, 2.75) is 32.6 Å². The predicted molar refractivity (Wildman–Crippen MR) is 112 cm³/mol. The smallest absolute Gasteiger partial charge is 0.234 e. The van der Waals surface area contributed by atoms with Crippen molar-refractivity contribution in [2.75, 3.05) is 20.1 Å². The standard InChI is InChI=1S/C23H27N5/c1-16-13-19(8-7-18(16)6-4-5-17-9-11-27(2)15-17)22-20-10-12-28(3)23(20)26-21(14-24)25-22/h7-8,10,12-13,17H,4-6,9,11,15H2,1-3H3. The summed E-state index contributed by atoms with van der Waals surface area (Å²) < 4.78 is 1.93. The summed E-state index contributed by atoms with van der Waals surface area (Å²) in [6.07, 6.45) is 6.99. The molecule has 1 aromatic carbocycles. The fraction of sp³-hybridized carbons (Fsp3) is 0.435. The van der Waals surface area contributed by atoms with E-state index in [4.69, 9.17) is 0 Å². The molecule has 0 radical (unpaired) electrons. The second-order valence-electron chi connectivity index (χ2n) is 8.12. The lowest BCUT2D eigenvalue weighted by Crippen LogP contribution is -2.14. The van der Waals surface area contributed by atoms with Gasteiger partial charge in [0.2, 0.25) is 5.82 Å². The number of aryl methyl sites for hydroxylation is 3. The van der Waals surface area contributed by atoms with Gasteiger partial charge in [0, 0.05) is 30.7 Å². The van der Waals surface area contributed by atoms with Crippen LogP contribution in [0, 0.1) is 24.2 Å². The third kappa shape index (κ3) is 3.65. The van der Waals surface area contributed by atoms with Crippen molar-refractivity contribution in [1.29, 1.82) is 5.26 Å². The molecule has 0 aliphatic carbocycles. The summed E-state index contributed by atoms with van der Waals surface area (Å²) in [4.78, 5) is 11.3. The maximum absolute atomic E-state index is 9.31.